The Bertz CT molecular complexity index is 352. The Morgan fingerprint density at radius 3 is 1.52 bits per heavy atom. The fraction of sp³-hybridized carbons (Fsp3) is 0.800. The highest BCUT2D eigenvalue weighted by Crippen LogP contribution is 2.43. The molecule has 0 aromatic carbocycles. The molecule has 0 saturated carbocycles. The molecule has 2 atom stereocenters. The standard InChI is InChI=1S/C10H19O10P/c1-7(13)19-9(3-11)5-17-21(15,16)18-6-10(4-12)20-8(2)14/h9-12H,3-6H2,1-2H3,(H,15,16). The number of carbonyl (C=O) groups excluding carboxylic acids is 2. The van der Waals surface area contributed by atoms with Crippen molar-refractivity contribution in [1.82, 2.24) is 0 Å². The van der Waals surface area contributed by atoms with Crippen molar-refractivity contribution in [1.29, 1.82) is 0 Å². The number of esters is 2. The highest BCUT2D eigenvalue weighted by atomic mass is 31.2. The van der Waals surface area contributed by atoms with Crippen LogP contribution in [0.15, 0.2) is 0 Å². The number of aliphatic hydroxyl groups excluding tert-OH is 2. The van der Waals surface area contributed by atoms with E-state index in [1.54, 1.807) is 0 Å². The molecule has 3 N–H and O–H groups in total. The molecule has 0 saturated heterocycles. The van der Waals surface area contributed by atoms with E-state index in [9.17, 15) is 19.0 Å². The van der Waals surface area contributed by atoms with E-state index in [2.05, 4.69) is 18.5 Å². The highest BCUT2D eigenvalue weighted by Gasteiger charge is 2.26. The van der Waals surface area contributed by atoms with Gasteiger partial charge >= 0.3 is 19.8 Å². The maximum Gasteiger partial charge on any atom is 0.472 e. The van der Waals surface area contributed by atoms with Gasteiger partial charge in [-0.15, -0.1) is 0 Å². The lowest BCUT2D eigenvalue weighted by molar-refractivity contribution is -0.150. The summed E-state index contributed by atoms with van der Waals surface area (Å²) >= 11 is 0. The zero-order valence-electron chi connectivity index (χ0n) is 11.6. The Hall–Kier alpha value is -1.03. The average molecular weight is 330 g/mol. The number of aliphatic hydroxyl groups is 2. The average Bonchev–Trinajstić information content (AvgIpc) is 2.38. The predicted molar refractivity (Wildman–Crippen MR) is 67.0 cm³/mol. The molecule has 0 bridgehead atoms. The van der Waals surface area contributed by atoms with Gasteiger partial charge in [0, 0.05) is 13.8 Å². The van der Waals surface area contributed by atoms with Crippen LogP contribution in [0.3, 0.4) is 0 Å². The van der Waals surface area contributed by atoms with Crippen molar-refractivity contribution in [2.45, 2.75) is 26.1 Å². The van der Waals surface area contributed by atoms with Crippen molar-refractivity contribution in [2.75, 3.05) is 26.4 Å². The summed E-state index contributed by atoms with van der Waals surface area (Å²) in [7, 11) is -4.52. The van der Waals surface area contributed by atoms with Gasteiger partial charge < -0.3 is 24.6 Å². The molecule has 0 spiro atoms. The molecule has 0 aliphatic carbocycles. The van der Waals surface area contributed by atoms with Crippen LogP contribution in [0.4, 0.5) is 0 Å². The normalized spacial score (nSPS) is 16.6. The minimum absolute atomic E-state index is 0.568. The number of phosphoric ester groups is 1. The van der Waals surface area contributed by atoms with E-state index in [-0.39, 0.29) is 0 Å². The van der Waals surface area contributed by atoms with Crippen LogP contribution in [0.2, 0.25) is 0 Å². The van der Waals surface area contributed by atoms with Gasteiger partial charge in [0.15, 0.2) is 0 Å². The Kier molecular flexibility index (Phi) is 9.34. The highest BCUT2D eigenvalue weighted by molar-refractivity contribution is 7.47. The van der Waals surface area contributed by atoms with Crippen LogP contribution in [0.1, 0.15) is 13.8 Å². The van der Waals surface area contributed by atoms with Gasteiger partial charge in [-0.3, -0.25) is 18.6 Å². The third kappa shape index (κ3) is 10.4. The Morgan fingerprint density at radius 2 is 1.29 bits per heavy atom. The fourth-order valence-corrected chi connectivity index (χ4v) is 1.89. The molecule has 0 aromatic heterocycles. The molecular weight excluding hydrogens is 311 g/mol. The van der Waals surface area contributed by atoms with E-state index in [1.807, 2.05) is 0 Å². The second-order valence-electron chi connectivity index (χ2n) is 3.89. The summed E-state index contributed by atoms with van der Waals surface area (Å²) in [6, 6.07) is 0. The summed E-state index contributed by atoms with van der Waals surface area (Å²) in [4.78, 5) is 30.7. The van der Waals surface area contributed by atoms with Gasteiger partial charge in [-0.05, 0) is 0 Å². The second kappa shape index (κ2) is 9.82. The van der Waals surface area contributed by atoms with Crippen LogP contribution in [-0.4, -0.2) is 65.7 Å². The van der Waals surface area contributed by atoms with Gasteiger partial charge in [-0.2, -0.15) is 0 Å². The summed E-state index contributed by atoms with van der Waals surface area (Å²) in [5.41, 5.74) is 0. The molecule has 124 valence electrons. The minimum atomic E-state index is -4.52. The lowest BCUT2D eigenvalue weighted by atomic mass is 10.4. The number of phosphoric acid groups is 1. The smallest absolute Gasteiger partial charge is 0.458 e. The summed E-state index contributed by atoms with van der Waals surface area (Å²) in [5, 5.41) is 17.7. The molecule has 0 rings (SSSR count). The van der Waals surface area contributed by atoms with Crippen LogP contribution in [0.5, 0.6) is 0 Å². The Morgan fingerprint density at radius 1 is 0.952 bits per heavy atom. The monoisotopic (exact) mass is 330 g/mol. The van der Waals surface area contributed by atoms with Crippen LogP contribution >= 0.6 is 7.82 Å². The molecule has 11 heteroatoms. The summed E-state index contributed by atoms with van der Waals surface area (Å²) in [5.74, 6) is -1.39. The van der Waals surface area contributed by atoms with Crippen molar-refractivity contribution in [3.05, 3.63) is 0 Å². The fourth-order valence-electron chi connectivity index (χ4n) is 1.11. The molecule has 0 fully saturated rings. The third-order valence-corrected chi connectivity index (χ3v) is 2.87. The first-order valence-electron chi connectivity index (χ1n) is 5.88. The molecule has 2 unspecified atom stereocenters. The molecule has 0 amide bonds. The Balaban J connectivity index is 4.26. The van der Waals surface area contributed by atoms with Crippen LogP contribution in [-0.2, 0) is 32.7 Å². The van der Waals surface area contributed by atoms with Gasteiger partial charge in [-0.25, -0.2) is 4.57 Å². The van der Waals surface area contributed by atoms with E-state index >= 15 is 0 Å². The van der Waals surface area contributed by atoms with E-state index in [0.717, 1.165) is 13.8 Å². The maximum absolute atomic E-state index is 11.5. The maximum atomic E-state index is 11.5. The van der Waals surface area contributed by atoms with E-state index in [0.29, 0.717) is 0 Å². The lowest BCUT2D eigenvalue weighted by Gasteiger charge is -2.19. The summed E-state index contributed by atoms with van der Waals surface area (Å²) < 4.78 is 29.7. The van der Waals surface area contributed by atoms with Crippen molar-refractivity contribution < 1.29 is 47.8 Å². The molecule has 0 aliphatic heterocycles. The largest absolute Gasteiger partial charge is 0.472 e. The number of hydrogen-bond donors (Lipinski definition) is 3. The molecule has 0 aliphatic rings. The number of hydrogen-bond acceptors (Lipinski definition) is 9. The van der Waals surface area contributed by atoms with Crippen LogP contribution < -0.4 is 0 Å². The molecule has 0 aromatic rings. The first-order valence-corrected chi connectivity index (χ1v) is 7.37. The van der Waals surface area contributed by atoms with Gasteiger partial charge in [0.2, 0.25) is 0 Å². The first kappa shape index (κ1) is 20.0. The van der Waals surface area contributed by atoms with Crippen molar-refractivity contribution in [3.63, 3.8) is 0 Å². The zero-order chi connectivity index (χ0) is 16.5. The van der Waals surface area contributed by atoms with E-state index in [1.165, 1.54) is 0 Å². The third-order valence-electron chi connectivity index (χ3n) is 1.92. The summed E-state index contributed by atoms with van der Waals surface area (Å²) in [6.07, 6.45) is -2.23. The number of rotatable bonds is 10. The topological polar surface area (TPSA) is 149 Å². The van der Waals surface area contributed by atoms with Crippen LogP contribution in [0.25, 0.3) is 0 Å². The number of carbonyl (C=O) groups is 2. The van der Waals surface area contributed by atoms with Crippen LogP contribution in [0, 0.1) is 0 Å². The number of ether oxygens (including phenoxy) is 2. The van der Waals surface area contributed by atoms with Crippen molar-refractivity contribution in [2.24, 2.45) is 0 Å². The quantitative estimate of drug-likeness (QED) is 0.335. The van der Waals surface area contributed by atoms with Gasteiger partial charge in [0.05, 0.1) is 26.4 Å². The second-order valence-corrected chi connectivity index (χ2v) is 5.34. The van der Waals surface area contributed by atoms with Gasteiger partial charge in [0.1, 0.15) is 12.2 Å². The van der Waals surface area contributed by atoms with Crippen molar-refractivity contribution in [3.8, 4) is 0 Å². The minimum Gasteiger partial charge on any atom is -0.458 e. The molecular formula is C10H19O10P. The van der Waals surface area contributed by atoms with E-state index in [4.69, 9.17) is 10.2 Å². The summed E-state index contributed by atoms with van der Waals surface area (Å²) in [6.45, 7) is -0.147. The molecule has 0 heterocycles. The van der Waals surface area contributed by atoms with Gasteiger partial charge in [0.25, 0.3) is 0 Å². The van der Waals surface area contributed by atoms with Crippen molar-refractivity contribution >= 4 is 19.8 Å². The molecule has 21 heavy (non-hydrogen) atoms. The predicted octanol–water partition coefficient (Wildman–Crippen LogP) is -1.03. The molecule has 10 nitrogen and oxygen atoms in total. The lowest BCUT2D eigenvalue weighted by Crippen LogP contribution is -2.27. The molecule has 0 radical (unpaired) electrons. The SMILES string of the molecule is CC(=O)OC(CO)COP(=O)(O)OCC(CO)OC(C)=O. The van der Waals surface area contributed by atoms with E-state index < -0.39 is 58.4 Å². The Labute approximate surface area is 121 Å². The van der Waals surface area contributed by atoms with Gasteiger partial charge in [-0.1, -0.05) is 0 Å². The first-order chi connectivity index (χ1) is 9.70. The zero-order valence-corrected chi connectivity index (χ0v) is 12.5.